The van der Waals surface area contributed by atoms with Crippen LogP contribution in [-0.2, 0) is 15.4 Å². The second kappa shape index (κ2) is 8.75. The van der Waals surface area contributed by atoms with E-state index in [-0.39, 0.29) is 16.4 Å². The molecule has 184 valence electrons. The van der Waals surface area contributed by atoms with Gasteiger partial charge in [-0.2, -0.15) is 0 Å². The molecule has 0 bridgehead atoms. The van der Waals surface area contributed by atoms with Gasteiger partial charge in [0.05, 0.1) is 23.1 Å². The summed E-state index contributed by atoms with van der Waals surface area (Å²) in [5, 5.41) is 17.1. The first-order valence-corrected chi connectivity index (χ1v) is 13.6. The van der Waals surface area contributed by atoms with Crippen LogP contribution in [0, 0.1) is 6.92 Å². The lowest BCUT2D eigenvalue weighted by Crippen LogP contribution is -2.58. The van der Waals surface area contributed by atoms with Crippen LogP contribution < -0.4 is 10.0 Å². The molecule has 1 aliphatic heterocycles. The Labute approximate surface area is 207 Å². The fraction of sp³-hybridized carbons (Fsp3) is 0.357. The molecule has 1 aliphatic rings. The molecule has 6 nitrogen and oxygen atoms in total. The van der Waals surface area contributed by atoms with Crippen LogP contribution in [0.2, 0.25) is 0 Å². The molecule has 0 amide bonds. The van der Waals surface area contributed by atoms with E-state index >= 15 is 0 Å². The first-order chi connectivity index (χ1) is 16.6. The van der Waals surface area contributed by atoms with Gasteiger partial charge in [0.25, 0.3) is 0 Å². The van der Waals surface area contributed by atoms with Gasteiger partial charge in [0.1, 0.15) is 0 Å². The zero-order valence-corrected chi connectivity index (χ0v) is 21.4. The van der Waals surface area contributed by atoms with E-state index in [1.54, 1.807) is 24.3 Å². The Morgan fingerprint density at radius 1 is 0.943 bits per heavy atom. The number of nitrogens with zero attached hydrogens (tertiary/aromatic N) is 1. The molecule has 3 atom stereocenters. The highest BCUT2D eigenvalue weighted by atomic mass is 32.2. The molecular formula is C28H33N3O3S. The van der Waals surface area contributed by atoms with E-state index in [1.807, 2.05) is 19.1 Å². The topological polar surface area (TPSA) is 83.4 Å². The summed E-state index contributed by atoms with van der Waals surface area (Å²) in [6.45, 7) is 9.42. The van der Waals surface area contributed by atoms with Crippen molar-refractivity contribution in [2.24, 2.45) is 0 Å². The fourth-order valence-corrected chi connectivity index (χ4v) is 6.32. The van der Waals surface area contributed by atoms with Gasteiger partial charge in [0.2, 0.25) is 10.0 Å². The molecule has 0 radical (unpaired) electrons. The molecule has 7 heteroatoms. The molecular weight excluding hydrogens is 458 g/mol. The van der Waals surface area contributed by atoms with E-state index in [4.69, 9.17) is 0 Å². The number of fused-ring (bicyclic) bond motifs is 3. The third-order valence-corrected chi connectivity index (χ3v) is 8.58. The number of aromatic nitrogens is 1. The number of rotatable bonds is 4. The number of benzene rings is 3. The lowest BCUT2D eigenvalue weighted by Gasteiger charge is -2.37. The Morgan fingerprint density at radius 3 is 2.34 bits per heavy atom. The number of sulfonamides is 1. The van der Waals surface area contributed by atoms with Crippen molar-refractivity contribution in [3.05, 3.63) is 77.9 Å². The summed E-state index contributed by atoms with van der Waals surface area (Å²) < 4.78 is 31.0. The third kappa shape index (κ3) is 4.38. The van der Waals surface area contributed by atoms with Crippen LogP contribution in [0.25, 0.3) is 21.8 Å². The van der Waals surface area contributed by atoms with Crippen LogP contribution in [-0.4, -0.2) is 43.3 Å². The molecule has 35 heavy (non-hydrogen) atoms. The molecule has 0 saturated carbocycles. The van der Waals surface area contributed by atoms with Crippen molar-refractivity contribution in [1.82, 2.24) is 14.6 Å². The van der Waals surface area contributed by atoms with E-state index in [2.05, 4.69) is 65.7 Å². The summed E-state index contributed by atoms with van der Waals surface area (Å²) in [7, 11) is -3.77. The van der Waals surface area contributed by atoms with Crippen LogP contribution in [0.15, 0.2) is 71.6 Å². The summed E-state index contributed by atoms with van der Waals surface area (Å²) in [6, 6.07) is 20.5. The maximum Gasteiger partial charge on any atom is 0.240 e. The van der Waals surface area contributed by atoms with Crippen molar-refractivity contribution in [2.75, 3.05) is 13.1 Å². The summed E-state index contributed by atoms with van der Waals surface area (Å²) in [5.74, 6) is 0. The number of piperidine rings is 1. The van der Waals surface area contributed by atoms with E-state index in [0.717, 1.165) is 27.4 Å². The van der Waals surface area contributed by atoms with E-state index in [9.17, 15) is 13.5 Å². The maximum atomic E-state index is 13.0. The smallest absolute Gasteiger partial charge is 0.240 e. The van der Waals surface area contributed by atoms with Gasteiger partial charge in [0, 0.05) is 34.9 Å². The Bertz CT molecular complexity index is 1480. The van der Waals surface area contributed by atoms with Gasteiger partial charge in [-0.05, 0) is 48.2 Å². The number of hydrogen-bond donors (Lipinski definition) is 3. The minimum Gasteiger partial charge on any atom is -0.389 e. The normalized spacial score (nSPS) is 21.6. The number of para-hydroxylation sites is 1. The lowest BCUT2D eigenvalue weighted by atomic mass is 9.86. The van der Waals surface area contributed by atoms with Gasteiger partial charge in [-0.15, -0.1) is 0 Å². The minimum atomic E-state index is -3.77. The number of hydrogen-bond acceptors (Lipinski definition) is 4. The predicted octanol–water partition coefficient (Wildman–Crippen LogP) is 4.25. The van der Waals surface area contributed by atoms with Crippen molar-refractivity contribution >= 4 is 31.8 Å². The van der Waals surface area contributed by atoms with Crippen LogP contribution in [0.1, 0.15) is 37.9 Å². The van der Waals surface area contributed by atoms with Crippen LogP contribution in [0.5, 0.6) is 0 Å². The number of nitrogens with one attached hydrogen (secondary N) is 2. The first-order valence-electron chi connectivity index (χ1n) is 12.1. The zero-order chi connectivity index (χ0) is 25.0. The van der Waals surface area contributed by atoms with Crippen molar-refractivity contribution < 1.29 is 13.5 Å². The Kier molecular flexibility index (Phi) is 6.00. The highest BCUT2D eigenvalue weighted by Gasteiger charge is 2.37. The van der Waals surface area contributed by atoms with Crippen LogP contribution in [0.4, 0.5) is 0 Å². The minimum absolute atomic E-state index is 0.0165. The quantitative estimate of drug-likeness (QED) is 0.399. The number of aliphatic hydroxyl groups is 1. The third-order valence-electron chi connectivity index (χ3n) is 7.07. The van der Waals surface area contributed by atoms with E-state index in [1.165, 1.54) is 5.56 Å². The Hall–Kier alpha value is -2.71. The fourth-order valence-electron chi connectivity index (χ4n) is 5.06. The molecule has 1 aromatic heterocycles. The van der Waals surface area contributed by atoms with Crippen LogP contribution in [0.3, 0.4) is 0 Å². The molecule has 1 saturated heterocycles. The summed E-state index contributed by atoms with van der Waals surface area (Å²) in [4.78, 5) is 0.198. The van der Waals surface area contributed by atoms with Crippen molar-refractivity contribution in [2.45, 2.75) is 56.2 Å². The molecule has 2 heterocycles. The predicted molar refractivity (Wildman–Crippen MR) is 141 cm³/mol. The monoisotopic (exact) mass is 491 g/mol. The summed E-state index contributed by atoms with van der Waals surface area (Å²) >= 11 is 0. The highest BCUT2D eigenvalue weighted by Crippen LogP contribution is 2.36. The molecule has 3 aromatic carbocycles. The standard InChI is InChI=1S/C28H33N3O3S/c1-18-9-12-20(13-10-18)35(33,34)30-23-16-29-17-26(27(23)32)31-24-8-6-5-7-21(24)22-15-19(28(2,3)4)11-14-25(22)31/h5-15,23,26-27,29-30,32H,16-17H2,1-4H3/t23-,26+,27+/m0/s1. The lowest BCUT2D eigenvalue weighted by molar-refractivity contribution is 0.0638. The van der Waals surface area contributed by atoms with Gasteiger partial charge >= 0.3 is 0 Å². The molecule has 0 unspecified atom stereocenters. The average molecular weight is 492 g/mol. The van der Waals surface area contributed by atoms with E-state index < -0.39 is 22.2 Å². The largest absolute Gasteiger partial charge is 0.389 e. The van der Waals surface area contributed by atoms with Gasteiger partial charge in [-0.1, -0.05) is 62.7 Å². The molecule has 1 fully saturated rings. The molecule has 3 N–H and O–H groups in total. The van der Waals surface area contributed by atoms with Crippen molar-refractivity contribution in [3.63, 3.8) is 0 Å². The number of aryl methyl sites for hydroxylation is 1. The number of aliphatic hydroxyl groups excluding tert-OH is 1. The van der Waals surface area contributed by atoms with Crippen molar-refractivity contribution in [1.29, 1.82) is 0 Å². The average Bonchev–Trinajstić information content (AvgIpc) is 3.14. The van der Waals surface area contributed by atoms with Gasteiger partial charge in [-0.3, -0.25) is 0 Å². The molecule has 0 aliphatic carbocycles. The highest BCUT2D eigenvalue weighted by molar-refractivity contribution is 7.89. The molecule has 0 spiro atoms. The molecule has 4 aromatic rings. The van der Waals surface area contributed by atoms with E-state index in [0.29, 0.717) is 13.1 Å². The zero-order valence-electron chi connectivity index (χ0n) is 20.6. The second-order valence-electron chi connectivity index (χ2n) is 10.6. The van der Waals surface area contributed by atoms with Gasteiger partial charge in [0.15, 0.2) is 0 Å². The Morgan fingerprint density at radius 2 is 1.63 bits per heavy atom. The Balaban J connectivity index is 1.55. The van der Waals surface area contributed by atoms with Crippen LogP contribution >= 0.6 is 0 Å². The molecule has 5 rings (SSSR count). The maximum absolute atomic E-state index is 13.0. The van der Waals surface area contributed by atoms with Crippen molar-refractivity contribution in [3.8, 4) is 0 Å². The van der Waals surface area contributed by atoms with Gasteiger partial charge in [-0.25, -0.2) is 13.1 Å². The summed E-state index contributed by atoms with van der Waals surface area (Å²) in [5.41, 5.74) is 4.32. The SMILES string of the molecule is Cc1ccc(S(=O)(=O)N[C@H]2CNC[C@@H](n3c4ccccc4c4cc(C(C)(C)C)ccc43)[C@@H]2O)cc1. The second-order valence-corrected chi connectivity index (χ2v) is 12.3. The first kappa shape index (κ1) is 24.0. The van der Waals surface area contributed by atoms with Gasteiger partial charge < -0.3 is 15.0 Å². The summed E-state index contributed by atoms with van der Waals surface area (Å²) in [6.07, 6.45) is -0.905.